The quantitative estimate of drug-likeness (QED) is 0.640. The van der Waals surface area contributed by atoms with Crippen molar-refractivity contribution in [1.29, 1.82) is 0 Å². The van der Waals surface area contributed by atoms with Crippen LogP contribution in [0, 0.1) is 0 Å². The third-order valence-electron chi connectivity index (χ3n) is 3.62. The van der Waals surface area contributed by atoms with E-state index in [2.05, 4.69) is 4.90 Å². The van der Waals surface area contributed by atoms with Crippen LogP contribution >= 0.6 is 0 Å². The van der Waals surface area contributed by atoms with Gasteiger partial charge in [-0.3, -0.25) is 4.90 Å². The summed E-state index contributed by atoms with van der Waals surface area (Å²) in [5.74, 6) is 0. The molecule has 0 radical (unpaired) electrons. The molecular formula is C14H29NO3. The van der Waals surface area contributed by atoms with Crippen LogP contribution in [0.3, 0.4) is 0 Å². The van der Waals surface area contributed by atoms with Crippen LogP contribution in [0.25, 0.3) is 0 Å². The van der Waals surface area contributed by atoms with Crippen LogP contribution in [-0.4, -0.2) is 61.7 Å². The molecule has 4 heteroatoms. The first kappa shape index (κ1) is 15.9. The molecule has 1 aliphatic rings. The maximum atomic E-state index is 10.1. The molecule has 0 saturated heterocycles. The van der Waals surface area contributed by atoms with Crippen molar-refractivity contribution in [3.05, 3.63) is 0 Å². The van der Waals surface area contributed by atoms with Crippen molar-refractivity contribution in [3.63, 3.8) is 0 Å². The summed E-state index contributed by atoms with van der Waals surface area (Å²) in [7, 11) is 0. The summed E-state index contributed by atoms with van der Waals surface area (Å²) in [5, 5.41) is 10.1. The molecule has 18 heavy (non-hydrogen) atoms. The standard InChI is InChI=1S/C14H29NO3/c1-3-17-11-9-15(10-12-18-4-2)13-7-5-6-8-14(13)16/h13-14,16H,3-12H2,1-2H3. The van der Waals surface area contributed by atoms with Gasteiger partial charge in [0, 0.05) is 32.3 Å². The molecule has 0 aromatic carbocycles. The molecule has 4 nitrogen and oxygen atoms in total. The van der Waals surface area contributed by atoms with Crippen molar-refractivity contribution in [2.45, 2.75) is 51.7 Å². The lowest BCUT2D eigenvalue weighted by Crippen LogP contribution is -2.48. The van der Waals surface area contributed by atoms with Gasteiger partial charge in [0.2, 0.25) is 0 Å². The predicted octanol–water partition coefficient (Wildman–Crippen LogP) is 1.66. The third-order valence-corrected chi connectivity index (χ3v) is 3.62. The normalized spacial score (nSPS) is 24.7. The zero-order valence-electron chi connectivity index (χ0n) is 11.9. The van der Waals surface area contributed by atoms with Crippen molar-refractivity contribution < 1.29 is 14.6 Å². The first-order chi connectivity index (χ1) is 8.79. The number of hydrogen-bond donors (Lipinski definition) is 1. The van der Waals surface area contributed by atoms with Gasteiger partial charge in [0.25, 0.3) is 0 Å². The summed E-state index contributed by atoms with van der Waals surface area (Å²) in [6.07, 6.45) is 4.23. The largest absolute Gasteiger partial charge is 0.391 e. The SMILES string of the molecule is CCOCCN(CCOCC)C1CCCCC1O. The van der Waals surface area contributed by atoms with E-state index in [1.165, 1.54) is 6.42 Å². The molecule has 1 saturated carbocycles. The fourth-order valence-electron chi connectivity index (χ4n) is 2.61. The number of rotatable bonds is 9. The zero-order valence-corrected chi connectivity index (χ0v) is 11.9. The smallest absolute Gasteiger partial charge is 0.0695 e. The molecule has 1 rings (SSSR count). The summed E-state index contributed by atoms with van der Waals surface area (Å²) in [5.41, 5.74) is 0. The fraction of sp³-hybridized carbons (Fsp3) is 1.00. The van der Waals surface area contributed by atoms with Gasteiger partial charge in [0.05, 0.1) is 19.3 Å². The van der Waals surface area contributed by atoms with Gasteiger partial charge >= 0.3 is 0 Å². The maximum Gasteiger partial charge on any atom is 0.0695 e. The van der Waals surface area contributed by atoms with Gasteiger partial charge in [-0.1, -0.05) is 12.8 Å². The third kappa shape index (κ3) is 5.65. The van der Waals surface area contributed by atoms with Gasteiger partial charge in [-0.15, -0.1) is 0 Å². The summed E-state index contributed by atoms with van der Waals surface area (Å²) in [4.78, 5) is 2.34. The highest BCUT2D eigenvalue weighted by Gasteiger charge is 2.28. The van der Waals surface area contributed by atoms with Crippen molar-refractivity contribution in [2.24, 2.45) is 0 Å². The Hall–Kier alpha value is -0.160. The van der Waals surface area contributed by atoms with Crippen LogP contribution in [0.15, 0.2) is 0 Å². The molecule has 2 atom stereocenters. The molecule has 0 aromatic rings. The highest BCUT2D eigenvalue weighted by atomic mass is 16.5. The van der Waals surface area contributed by atoms with Crippen LogP contribution in [0.5, 0.6) is 0 Å². The van der Waals surface area contributed by atoms with Crippen LogP contribution in [0.4, 0.5) is 0 Å². The first-order valence-corrected chi connectivity index (χ1v) is 7.37. The maximum absolute atomic E-state index is 10.1. The van der Waals surface area contributed by atoms with Gasteiger partial charge in [-0.25, -0.2) is 0 Å². The molecule has 0 bridgehead atoms. The van der Waals surface area contributed by atoms with E-state index in [0.717, 1.165) is 58.8 Å². The van der Waals surface area contributed by atoms with Crippen molar-refractivity contribution >= 4 is 0 Å². The van der Waals surface area contributed by atoms with Gasteiger partial charge in [-0.2, -0.15) is 0 Å². The number of aliphatic hydroxyl groups excluding tert-OH is 1. The lowest BCUT2D eigenvalue weighted by molar-refractivity contribution is -0.00754. The topological polar surface area (TPSA) is 41.9 Å². The zero-order chi connectivity index (χ0) is 13.2. The Kier molecular flexibility index (Phi) is 8.59. The Morgan fingerprint density at radius 2 is 1.56 bits per heavy atom. The van der Waals surface area contributed by atoms with Crippen LogP contribution in [0.1, 0.15) is 39.5 Å². The van der Waals surface area contributed by atoms with Gasteiger partial charge in [-0.05, 0) is 26.7 Å². The Morgan fingerprint density at radius 1 is 1.00 bits per heavy atom. The Morgan fingerprint density at radius 3 is 2.06 bits per heavy atom. The molecular weight excluding hydrogens is 230 g/mol. The molecule has 2 unspecified atom stereocenters. The molecule has 0 aromatic heterocycles. The molecule has 0 amide bonds. The minimum absolute atomic E-state index is 0.179. The van der Waals surface area contributed by atoms with E-state index < -0.39 is 0 Å². The van der Waals surface area contributed by atoms with E-state index in [9.17, 15) is 5.11 Å². The molecule has 0 spiro atoms. The molecule has 108 valence electrons. The minimum Gasteiger partial charge on any atom is -0.391 e. The Labute approximate surface area is 111 Å². The number of hydrogen-bond acceptors (Lipinski definition) is 4. The molecule has 0 heterocycles. The average molecular weight is 259 g/mol. The summed E-state index contributed by atoms with van der Waals surface area (Å²) >= 11 is 0. The Balaban J connectivity index is 2.40. The molecule has 1 fully saturated rings. The van der Waals surface area contributed by atoms with Crippen LogP contribution < -0.4 is 0 Å². The second-order valence-corrected chi connectivity index (χ2v) is 4.85. The second kappa shape index (κ2) is 9.73. The van der Waals surface area contributed by atoms with Gasteiger partial charge in [0.15, 0.2) is 0 Å². The van der Waals surface area contributed by atoms with E-state index in [4.69, 9.17) is 9.47 Å². The van der Waals surface area contributed by atoms with Crippen molar-refractivity contribution in [2.75, 3.05) is 39.5 Å². The summed E-state index contributed by atoms with van der Waals surface area (Å²) in [6, 6.07) is 0.291. The highest BCUT2D eigenvalue weighted by Crippen LogP contribution is 2.23. The highest BCUT2D eigenvalue weighted by molar-refractivity contribution is 4.83. The number of nitrogens with zero attached hydrogens (tertiary/aromatic N) is 1. The van der Waals surface area contributed by atoms with Crippen LogP contribution in [-0.2, 0) is 9.47 Å². The predicted molar refractivity (Wildman–Crippen MR) is 72.8 cm³/mol. The fourth-order valence-corrected chi connectivity index (χ4v) is 2.61. The monoisotopic (exact) mass is 259 g/mol. The minimum atomic E-state index is -0.179. The Bertz CT molecular complexity index is 191. The molecule has 0 aliphatic heterocycles. The van der Waals surface area contributed by atoms with E-state index in [1.807, 2.05) is 13.8 Å². The van der Waals surface area contributed by atoms with E-state index in [0.29, 0.717) is 6.04 Å². The van der Waals surface area contributed by atoms with Crippen LogP contribution in [0.2, 0.25) is 0 Å². The van der Waals surface area contributed by atoms with Gasteiger partial charge < -0.3 is 14.6 Å². The van der Waals surface area contributed by atoms with Gasteiger partial charge in [0.1, 0.15) is 0 Å². The summed E-state index contributed by atoms with van der Waals surface area (Å²) < 4.78 is 10.9. The first-order valence-electron chi connectivity index (χ1n) is 7.37. The van der Waals surface area contributed by atoms with E-state index in [-0.39, 0.29) is 6.10 Å². The second-order valence-electron chi connectivity index (χ2n) is 4.85. The van der Waals surface area contributed by atoms with E-state index in [1.54, 1.807) is 0 Å². The average Bonchev–Trinajstić information content (AvgIpc) is 2.38. The van der Waals surface area contributed by atoms with Crippen molar-refractivity contribution in [1.82, 2.24) is 4.90 Å². The van der Waals surface area contributed by atoms with E-state index >= 15 is 0 Å². The molecule has 1 aliphatic carbocycles. The molecule has 1 N–H and O–H groups in total. The lowest BCUT2D eigenvalue weighted by atomic mass is 9.91. The van der Waals surface area contributed by atoms with Crippen molar-refractivity contribution in [3.8, 4) is 0 Å². The number of ether oxygens (including phenoxy) is 2. The lowest BCUT2D eigenvalue weighted by Gasteiger charge is -2.37. The summed E-state index contributed by atoms with van der Waals surface area (Å²) in [6.45, 7) is 8.81. The number of aliphatic hydroxyl groups is 1.